The van der Waals surface area contributed by atoms with Crippen LogP contribution in [0.4, 0.5) is 5.69 Å². The standard InChI is InChI=1S/C17H17N3O6/c1-11(12-2-4-14-15(8-12)26-7-6-25-14)18-16(21)10-19-9-13(20(23)24)3-5-17(19)22/h2-5,8-9,11H,6-7,10H2,1H3,(H,18,21)/t11-/m1/s1. The van der Waals surface area contributed by atoms with Crippen molar-refractivity contribution in [2.75, 3.05) is 13.2 Å². The molecule has 1 aliphatic rings. The average Bonchev–Trinajstić information content (AvgIpc) is 2.62. The van der Waals surface area contributed by atoms with Gasteiger partial charge in [-0.1, -0.05) is 6.07 Å². The van der Waals surface area contributed by atoms with Crippen molar-refractivity contribution in [1.29, 1.82) is 0 Å². The van der Waals surface area contributed by atoms with Crippen LogP contribution in [0.25, 0.3) is 0 Å². The second kappa shape index (κ2) is 7.26. The molecule has 0 radical (unpaired) electrons. The summed E-state index contributed by atoms with van der Waals surface area (Å²) in [6, 6.07) is 7.21. The van der Waals surface area contributed by atoms with E-state index < -0.39 is 16.4 Å². The number of fused-ring (bicyclic) bond motifs is 1. The van der Waals surface area contributed by atoms with Crippen LogP contribution in [0.15, 0.2) is 41.3 Å². The van der Waals surface area contributed by atoms with Gasteiger partial charge in [0.2, 0.25) is 5.91 Å². The molecule has 1 amide bonds. The van der Waals surface area contributed by atoms with Gasteiger partial charge >= 0.3 is 0 Å². The highest BCUT2D eigenvalue weighted by molar-refractivity contribution is 5.76. The number of aromatic nitrogens is 1. The monoisotopic (exact) mass is 359 g/mol. The third kappa shape index (κ3) is 3.82. The summed E-state index contributed by atoms with van der Waals surface area (Å²) in [4.78, 5) is 34.2. The first-order valence-corrected chi connectivity index (χ1v) is 7.98. The molecule has 0 fully saturated rings. The van der Waals surface area contributed by atoms with Gasteiger partial charge in [0.15, 0.2) is 11.5 Å². The molecule has 136 valence electrons. The highest BCUT2D eigenvalue weighted by Gasteiger charge is 2.17. The third-order valence-electron chi connectivity index (χ3n) is 3.94. The Kier molecular flexibility index (Phi) is 4.87. The fourth-order valence-electron chi connectivity index (χ4n) is 2.60. The first-order valence-electron chi connectivity index (χ1n) is 7.98. The Bertz CT molecular complexity index is 908. The van der Waals surface area contributed by atoms with E-state index in [4.69, 9.17) is 9.47 Å². The molecule has 1 atom stereocenters. The van der Waals surface area contributed by atoms with E-state index in [1.807, 2.05) is 6.07 Å². The lowest BCUT2D eigenvalue weighted by molar-refractivity contribution is -0.385. The zero-order chi connectivity index (χ0) is 18.7. The van der Waals surface area contributed by atoms with Crippen LogP contribution in [-0.2, 0) is 11.3 Å². The first-order chi connectivity index (χ1) is 12.4. The Balaban J connectivity index is 1.69. The van der Waals surface area contributed by atoms with Crippen LogP contribution in [-0.4, -0.2) is 28.6 Å². The van der Waals surface area contributed by atoms with Gasteiger partial charge in [0.25, 0.3) is 11.2 Å². The Hall–Kier alpha value is -3.36. The molecule has 2 heterocycles. The Morgan fingerprint density at radius 1 is 1.27 bits per heavy atom. The van der Waals surface area contributed by atoms with Crippen LogP contribution in [0.3, 0.4) is 0 Å². The highest BCUT2D eigenvalue weighted by atomic mass is 16.6. The normalized spacial score (nSPS) is 13.7. The van der Waals surface area contributed by atoms with Gasteiger partial charge in [0, 0.05) is 12.1 Å². The van der Waals surface area contributed by atoms with Gasteiger partial charge in [0.1, 0.15) is 19.8 Å². The van der Waals surface area contributed by atoms with Crippen molar-refractivity contribution in [3.8, 4) is 11.5 Å². The number of carbonyl (C=O) groups is 1. The molecule has 0 bridgehead atoms. The maximum absolute atomic E-state index is 12.2. The Labute approximate surface area is 148 Å². The summed E-state index contributed by atoms with van der Waals surface area (Å²) < 4.78 is 12.0. The fourth-order valence-corrected chi connectivity index (χ4v) is 2.60. The van der Waals surface area contributed by atoms with Gasteiger partial charge in [-0.3, -0.25) is 24.3 Å². The Morgan fingerprint density at radius 2 is 2.00 bits per heavy atom. The van der Waals surface area contributed by atoms with E-state index in [2.05, 4.69) is 5.32 Å². The largest absolute Gasteiger partial charge is 0.486 e. The van der Waals surface area contributed by atoms with Crippen molar-refractivity contribution in [3.05, 3.63) is 62.6 Å². The van der Waals surface area contributed by atoms with Crippen LogP contribution in [0.1, 0.15) is 18.5 Å². The van der Waals surface area contributed by atoms with Crippen LogP contribution < -0.4 is 20.3 Å². The quantitative estimate of drug-likeness (QED) is 0.638. The molecule has 0 unspecified atom stereocenters. The minimum atomic E-state index is -0.619. The number of pyridine rings is 1. The summed E-state index contributed by atoms with van der Waals surface area (Å²) in [6.07, 6.45) is 1.05. The van der Waals surface area contributed by atoms with Crippen molar-refractivity contribution in [1.82, 2.24) is 9.88 Å². The van der Waals surface area contributed by atoms with Gasteiger partial charge in [-0.05, 0) is 24.6 Å². The zero-order valence-electron chi connectivity index (χ0n) is 14.0. The molecule has 2 aromatic rings. The average molecular weight is 359 g/mol. The van der Waals surface area contributed by atoms with Crippen molar-refractivity contribution in [2.24, 2.45) is 0 Å². The number of hydrogen-bond acceptors (Lipinski definition) is 6. The Morgan fingerprint density at radius 3 is 2.73 bits per heavy atom. The number of nitrogens with zero attached hydrogens (tertiary/aromatic N) is 2. The number of carbonyl (C=O) groups excluding carboxylic acids is 1. The summed E-state index contributed by atoms with van der Waals surface area (Å²) in [5.41, 5.74) is 0.0732. The van der Waals surface area contributed by atoms with Gasteiger partial charge in [0.05, 0.1) is 17.2 Å². The molecule has 9 nitrogen and oxygen atoms in total. The topological polar surface area (TPSA) is 113 Å². The predicted molar refractivity (Wildman–Crippen MR) is 91.3 cm³/mol. The summed E-state index contributed by atoms with van der Waals surface area (Å²) in [7, 11) is 0. The molecule has 26 heavy (non-hydrogen) atoms. The summed E-state index contributed by atoms with van der Waals surface area (Å²) in [6.45, 7) is 2.44. The number of hydrogen-bond donors (Lipinski definition) is 1. The van der Waals surface area contributed by atoms with E-state index >= 15 is 0 Å². The van der Waals surface area contributed by atoms with Crippen molar-refractivity contribution < 1.29 is 19.2 Å². The molecule has 9 heteroatoms. The highest BCUT2D eigenvalue weighted by Crippen LogP contribution is 2.32. The number of nitrogens with one attached hydrogen (secondary N) is 1. The maximum Gasteiger partial charge on any atom is 0.285 e. The lowest BCUT2D eigenvalue weighted by Gasteiger charge is -2.21. The number of amides is 1. The summed E-state index contributed by atoms with van der Waals surface area (Å²) in [5.74, 6) is 0.835. The molecule has 1 aliphatic heterocycles. The smallest absolute Gasteiger partial charge is 0.285 e. The van der Waals surface area contributed by atoms with E-state index in [1.165, 1.54) is 0 Å². The molecule has 1 N–H and O–H groups in total. The van der Waals surface area contributed by atoms with Crippen LogP contribution in [0, 0.1) is 10.1 Å². The summed E-state index contributed by atoms with van der Waals surface area (Å²) >= 11 is 0. The second-order valence-electron chi connectivity index (χ2n) is 5.80. The van der Waals surface area contributed by atoms with Crippen molar-refractivity contribution in [3.63, 3.8) is 0 Å². The maximum atomic E-state index is 12.2. The van der Waals surface area contributed by atoms with E-state index in [-0.39, 0.29) is 18.3 Å². The van der Waals surface area contributed by atoms with Crippen molar-refractivity contribution in [2.45, 2.75) is 19.5 Å². The van der Waals surface area contributed by atoms with Crippen molar-refractivity contribution >= 4 is 11.6 Å². The van der Waals surface area contributed by atoms with E-state index in [9.17, 15) is 19.7 Å². The van der Waals surface area contributed by atoms with Crippen LogP contribution >= 0.6 is 0 Å². The molecular formula is C17H17N3O6. The number of nitro groups is 1. The fraction of sp³-hybridized carbons (Fsp3) is 0.294. The number of ether oxygens (including phenoxy) is 2. The van der Waals surface area contributed by atoms with Gasteiger partial charge < -0.3 is 14.8 Å². The molecular weight excluding hydrogens is 342 g/mol. The lowest BCUT2D eigenvalue weighted by Crippen LogP contribution is -2.33. The predicted octanol–water partition coefficient (Wildman–Crippen LogP) is 1.41. The minimum Gasteiger partial charge on any atom is -0.486 e. The second-order valence-corrected chi connectivity index (χ2v) is 5.80. The molecule has 0 spiro atoms. The molecule has 3 rings (SSSR count). The van der Waals surface area contributed by atoms with E-state index in [0.717, 1.165) is 28.5 Å². The summed E-state index contributed by atoms with van der Waals surface area (Å²) in [5, 5.41) is 13.6. The van der Waals surface area contributed by atoms with Gasteiger partial charge in [-0.25, -0.2) is 0 Å². The third-order valence-corrected chi connectivity index (χ3v) is 3.94. The SMILES string of the molecule is C[C@@H](NC(=O)Cn1cc([N+](=O)[O-])ccc1=O)c1ccc2c(c1)OCCO2. The lowest BCUT2D eigenvalue weighted by atomic mass is 10.1. The molecule has 0 saturated carbocycles. The van der Waals surface area contributed by atoms with Crippen LogP contribution in [0.5, 0.6) is 11.5 Å². The molecule has 1 aromatic carbocycles. The van der Waals surface area contributed by atoms with Gasteiger partial charge in [-0.15, -0.1) is 0 Å². The molecule has 0 aliphatic carbocycles. The number of benzene rings is 1. The van der Waals surface area contributed by atoms with Crippen LogP contribution in [0.2, 0.25) is 0 Å². The molecule has 1 aromatic heterocycles. The molecule has 0 saturated heterocycles. The number of rotatable bonds is 5. The van der Waals surface area contributed by atoms with E-state index in [0.29, 0.717) is 24.7 Å². The van der Waals surface area contributed by atoms with E-state index in [1.54, 1.807) is 19.1 Å². The zero-order valence-corrected chi connectivity index (χ0v) is 14.0. The minimum absolute atomic E-state index is 0.253. The first kappa shape index (κ1) is 17.5. The van der Waals surface area contributed by atoms with Gasteiger partial charge in [-0.2, -0.15) is 0 Å².